The highest BCUT2D eigenvalue weighted by Gasteiger charge is 2.29. The van der Waals surface area contributed by atoms with Crippen molar-refractivity contribution < 1.29 is 13.2 Å². The molecule has 0 bridgehead atoms. The molecule has 1 aliphatic rings. The third-order valence-corrected chi connectivity index (χ3v) is 5.65. The molecule has 2 N–H and O–H groups in total. The number of benzene rings is 1. The van der Waals surface area contributed by atoms with Gasteiger partial charge in [0.25, 0.3) is 5.91 Å². The molecule has 0 spiro atoms. The van der Waals surface area contributed by atoms with Crippen molar-refractivity contribution in [1.29, 1.82) is 5.26 Å². The van der Waals surface area contributed by atoms with E-state index >= 15 is 0 Å². The molecule has 1 fully saturated rings. The van der Waals surface area contributed by atoms with Gasteiger partial charge in [0.15, 0.2) is 9.84 Å². The van der Waals surface area contributed by atoms with Gasteiger partial charge in [-0.2, -0.15) is 5.26 Å². The molecule has 1 atom stereocenters. The second-order valence-corrected chi connectivity index (χ2v) is 8.01. The molecular weight excluding hydrogens is 340 g/mol. The Morgan fingerprint density at radius 2 is 2.08 bits per heavy atom. The van der Waals surface area contributed by atoms with Gasteiger partial charge in [0, 0.05) is 17.9 Å². The average Bonchev–Trinajstić information content (AvgIpc) is 2.94. The van der Waals surface area contributed by atoms with Crippen LogP contribution in [0.15, 0.2) is 42.6 Å². The van der Waals surface area contributed by atoms with Crippen LogP contribution in [0.5, 0.6) is 0 Å². The smallest absolute Gasteiger partial charge is 0.270 e. The Hall–Kier alpha value is -2.92. The van der Waals surface area contributed by atoms with Gasteiger partial charge in [0.05, 0.1) is 22.8 Å². The van der Waals surface area contributed by atoms with E-state index in [9.17, 15) is 13.2 Å². The summed E-state index contributed by atoms with van der Waals surface area (Å²) in [6.45, 7) is 0. The number of carbonyl (C=O) groups excluding carboxylic acids is 1. The summed E-state index contributed by atoms with van der Waals surface area (Å²) in [4.78, 5) is 16.3. The lowest BCUT2D eigenvalue weighted by atomic mass is 10.2. The van der Waals surface area contributed by atoms with Crippen LogP contribution in [0.2, 0.25) is 0 Å². The van der Waals surface area contributed by atoms with Crippen LogP contribution in [0.4, 0.5) is 11.4 Å². The normalized spacial score (nSPS) is 18.3. The van der Waals surface area contributed by atoms with Crippen molar-refractivity contribution >= 4 is 27.1 Å². The lowest BCUT2D eigenvalue weighted by Gasteiger charge is -2.12. The maximum Gasteiger partial charge on any atom is 0.270 e. The SMILES string of the molecule is N#Cc1ccccc1Nc1ccnc(C(=O)NC2CCS(=O)(=O)C2)c1. The van der Waals surface area contributed by atoms with E-state index in [1.165, 1.54) is 6.20 Å². The zero-order chi connectivity index (χ0) is 17.9. The minimum absolute atomic E-state index is 0.0355. The number of rotatable bonds is 4. The largest absolute Gasteiger partial charge is 0.354 e. The number of carbonyl (C=O) groups is 1. The van der Waals surface area contributed by atoms with Gasteiger partial charge in [0.2, 0.25) is 0 Å². The Morgan fingerprint density at radius 1 is 1.28 bits per heavy atom. The molecular formula is C17H16N4O3S. The Bertz CT molecular complexity index is 950. The van der Waals surface area contributed by atoms with Crippen LogP contribution in [-0.4, -0.2) is 36.9 Å². The van der Waals surface area contributed by atoms with Crippen molar-refractivity contribution in [3.63, 3.8) is 0 Å². The summed E-state index contributed by atoms with van der Waals surface area (Å²) in [5, 5.41) is 14.9. The number of pyridine rings is 1. The van der Waals surface area contributed by atoms with E-state index in [0.29, 0.717) is 23.4 Å². The molecule has 8 heteroatoms. The summed E-state index contributed by atoms with van der Waals surface area (Å²) in [6.07, 6.45) is 1.90. The first-order valence-corrected chi connectivity index (χ1v) is 9.52. The third kappa shape index (κ3) is 4.14. The van der Waals surface area contributed by atoms with Crippen LogP contribution in [0.25, 0.3) is 0 Å². The summed E-state index contributed by atoms with van der Waals surface area (Å²) in [5.74, 6) is -0.358. The van der Waals surface area contributed by atoms with Gasteiger partial charge in [-0.15, -0.1) is 0 Å². The predicted octanol–water partition coefficient (Wildman–Crippen LogP) is 1.61. The molecule has 1 aromatic carbocycles. The van der Waals surface area contributed by atoms with E-state index in [0.717, 1.165) is 0 Å². The van der Waals surface area contributed by atoms with Gasteiger partial charge < -0.3 is 10.6 Å². The lowest BCUT2D eigenvalue weighted by molar-refractivity contribution is 0.0936. The third-order valence-electron chi connectivity index (χ3n) is 3.89. The Labute approximate surface area is 145 Å². The van der Waals surface area contributed by atoms with Gasteiger partial charge in [0.1, 0.15) is 11.8 Å². The van der Waals surface area contributed by atoms with Gasteiger partial charge in [-0.1, -0.05) is 12.1 Å². The highest BCUT2D eigenvalue weighted by molar-refractivity contribution is 7.91. The number of nitriles is 1. The summed E-state index contributed by atoms with van der Waals surface area (Å²) < 4.78 is 22.9. The number of para-hydroxylation sites is 1. The molecule has 1 aliphatic heterocycles. The van der Waals surface area contributed by atoms with Crippen molar-refractivity contribution in [3.05, 3.63) is 53.9 Å². The minimum atomic E-state index is -3.06. The molecule has 1 amide bonds. The molecule has 1 unspecified atom stereocenters. The van der Waals surface area contributed by atoms with Crippen molar-refractivity contribution in [2.24, 2.45) is 0 Å². The summed E-state index contributed by atoms with van der Waals surface area (Å²) >= 11 is 0. The lowest BCUT2D eigenvalue weighted by Crippen LogP contribution is -2.36. The van der Waals surface area contributed by atoms with Gasteiger partial charge in [-0.05, 0) is 30.7 Å². The number of sulfone groups is 1. The summed E-state index contributed by atoms with van der Waals surface area (Å²) in [5.41, 5.74) is 1.91. The predicted molar refractivity (Wildman–Crippen MR) is 93.2 cm³/mol. The summed E-state index contributed by atoms with van der Waals surface area (Å²) in [6, 6.07) is 12.0. The molecule has 3 rings (SSSR count). The number of anilines is 2. The Balaban J connectivity index is 1.73. The number of nitrogens with zero attached hydrogens (tertiary/aromatic N) is 2. The average molecular weight is 356 g/mol. The van der Waals surface area contributed by atoms with Crippen molar-refractivity contribution in [2.75, 3.05) is 16.8 Å². The van der Waals surface area contributed by atoms with Gasteiger partial charge in [-0.3, -0.25) is 9.78 Å². The Kier molecular flexibility index (Phi) is 4.67. The zero-order valence-corrected chi connectivity index (χ0v) is 14.1. The Morgan fingerprint density at radius 3 is 2.80 bits per heavy atom. The monoisotopic (exact) mass is 356 g/mol. The van der Waals surface area contributed by atoms with Crippen molar-refractivity contribution in [1.82, 2.24) is 10.3 Å². The van der Waals surface area contributed by atoms with Crippen LogP contribution in [0.3, 0.4) is 0 Å². The number of hydrogen-bond acceptors (Lipinski definition) is 6. The van der Waals surface area contributed by atoms with E-state index in [1.54, 1.807) is 36.4 Å². The number of hydrogen-bond donors (Lipinski definition) is 2. The van der Waals surface area contributed by atoms with Crippen LogP contribution in [-0.2, 0) is 9.84 Å². The first-order chi connectivity index (χ1) is 12.0. The second kappa shape index (κ2) is 6.91. The van der Waals surface area contributed by atoms with Crippen LogP contribution in [0.1, 0.15) is 22.5 Å². The molecule has 1 saturated heterocycles. The van der Waals surface area contributed by atoms with E-state index in [-0.39, 0.29) is 23.2 Å². The van der Waals surface area contributed by atoms with Crippen LogP contribution in [0, 0.1) is 11.3 Å². The second-order valence-electron chi connectivity index (χ2n) is 5.79. The highest BCUT2D eigenvalue weighted by Crippen LogP contribution is 2.20. The molecule has 0 saturated carbocycles. The minimum Gasteiger partial charge on any atom is -0.354 e. The van der Waals surface area contributed by atoms with Crippen molar-refractivity contribution in [3.8, 4) is 6.07 Å². The van der Waals surface area contributed by atoms with E-state index < -0.39 is 15.7 Å². The fraction of sp³-hybridized carbons (Fsp3) is 0.235. The molecule has 128 valence electrons. The fourth-order valence-electron chi connectivity index (χ4n) is 2.65. The standard InChI is InChI=1S/C17H16N4O3S/c18-10-12-3-1-2-4-15(12)20-13-5-7-19-16(9-13)17(22)21-14-6-8-25(23,24)11-14/h1-5,7,9,14H,6,8,11H2,(H,19,20)(H,21,22). The molecule has 0 aliphatic carbocycles. The molecule has 2 heterocycles. The highest BCUT2D eigenvalue weighted by atomic mass is 32.2. The van der Waals surface area contributed by atoms with Gasteiger partial charge in [-0.25, -0.2) is 8.42 Å². The fourth-order valence-corrected chi connectivity index (χ4v) is 4.32. The zero-order valence-electron chi connectivity index (χ0n) is 13.3. The first kappa shape index (κ1) is 16.9. The molecule has 7 nitrogen and oxygen atoms in total. The number of nitrogens with one attached hydrogen (secondary N) is 2. The maximum atomic E-state index is 12.3. The quantitative estimate of drug-likeness (QED) is 0.861. The first-order valence-electron chi connectivity index (χ1n) is 7.70. The number of amides is 1. The summed E-state index contributed by atoms with van der Waals surface area (Å²) in [7, 11) is -3.06. The maximum absolute atomic E-state index is 12.3. The van der Waals surface area contributed by atoms with Gasteiger partial charge >= 0.3 is 0 Å². The van der Waals surface area contributed by atoms with E-state index in [2.05, 4.69) is 21.7 Å². The molecule has 0 radical (unpaired) electrons. The molecule has 2 aromatic rings. The van der Waals surface area contributed by atoms with Crippen molar-refractivity contribution in [2.45, 2.75) is 12.5 Å². The molecule has 25 heavy (non-hydrogen) atoms. The van der Waals surface area contributed by atoms with Crippen LogP contribution < -0.4 is 10.6 Å². The van der Waals surface area contributed by atoms with E-state index in [4.69, 9.17) is 5.26 Å². The molecule has 1 aromatic heterocycles. The number of aromatic nitrogens is 1. The topological polar surface area (TPSA) is 112 Å². The van der Waals surface area contributed by atoms with E-state index in [1.807, 2.05) is 0 Å². The van der Waals surface area contributed by atoms with Crippen LogP contribution >= 0.6 is 0 Å².